The summed E-state index contributed by atoms with van der Waals surface area (Å²) < 4.78 is 6.46. The van der Waals surface area contributed by atoms with Crippen molar-refractivity contribution in [1.82, 2.24) is 4.31 Å². The lowest BCUT2D eigenvalue weighted by Crippen LogP contribution is -2.24. The average molecular weight is 260 g/mol. The van der Waals surface area contributed by atoms with E-state index in [0.29, 0.717) is 18.2 Å². The second-order valence-electron chi connectivity index (χ2n) is 2.92. The van der Waals surface area contributed by atoms with Gasteiger partial charge >= 0.3 is 6.09 Å². The summed E-state index contributed by atoms with van der Waals surface area (Å²) in [6, 6.07) is 7.40. The van der Waals surface area contributed by atoms with Gasteiger partial charge in [0.2, 0.25) is 0 Å². The van der Waals surface area contributed by atoms with Crippen molar-refractivity contribution in [3.05, 3.63) is 29.3 Å². The molecule has 0 N–H and O–H groups in total. The number of nitrogens with zero attached hydrogens (tertiary/aromatic N) is 1. The molecule has 0 spiro atoms. The largest absolute Gasteiger partial charge is 0.449 e. The maximum atomic E-state index is 11.5. The zero-order valence-electron chi connectivity index (χ0n) is 9.27. The van der Waals surface area contributed by atoms with E-state index in [2.05, 4.69) is 0 Å². The lowest BCUT2D eigenvalue weighted by atomic mass is 10.4. The van der Waals surface area contributed by atoms with Gasteiger partial charge in [-0.2, -0.15) is 0 Å². The van der Waals surface area contributed by atoms with Gasteiger partial charge in [-0.05, 0) is 37.9 Å². The van der Waals surface area contributed by atoms with Crippen molar-refractivity contribution in [3.8, 4) is 0 Å². The lowest BCUT2D eigenvalue weighted by Gasteiger charge is -2.18. The standard InChI is InChI=1S/C11H14ClNO2S/c1-3-13(11(14)15-4-2)16-10-8-6-5-7-9(10)12/h5-8H,3-4H2,1-2H3. The third-order valence-electron chi connectivity index (χ3n) is 1.80. The highest BCUT2D eigenvalue weighted by atomic mass is 35.5. The van der Waals surface area contributed by atoms with E-state index in [9.17, 15) is 4.79 Å². The first-order chi connectivity index (χ1) is 7.69. The number of halogens is 1. The van der Waals surface area contributed by atoms with Crippen LogP contribution in [0.25, 0.3) is 0 Å². The summed E-state index contributed by atoms with van der Waals surface area (Å²) in [5.41, 5.74) is 0. The van der Waals surface area contributed by atoms with Crippen molar-refractivity contribution < 1.29 is 9.53 Å². The van der Waals surface area contributed by atoms with Crippen LogP contribution in [0.3, 0.4) is 0 Å². The van der Waals surface area contributed by atoms with E-state index in [1.54, 1.807) is 13.0 Å². The van der Waals surface area contributed by atoms with Crippen molar-refractivity contribution in [2.45, 2.75) is 18.7 Å². The smallest absolute Gasteiger partial charge is 0.420 e. The molecule has 1 aromatic rings. The fourth-order valence-electron chi connectivity index (χ4n) is 1.06. The highest BCUT2D eigenvalue weighted by Gasteiger charge is 2.15. The van der Waals surface area contributed by atoms with Gasteiger partial charge < -0.3 is 4.74 Å². The first kappa shape index (κ1) is 13.2. The highest BCUT2D eigenvalue weighted by molar-refractivity contribution is 7.97. The van der Waals surface area contributed by atoms with Crippen LogP contribution in [0, 0.1) is 0 Å². The summed E-state index contributed by atoms with van der Waals surface area (Å²) in [5.74, 6) is 0. The van der Waals surface area contributed by atoms with Gasteiger partial charge in [-0.3, -0.25) is 0 Å². The number of carbonyl (C=O) groups is 1. The minimum Gasteiger partial charge on any atom is -0.449 e. The van der Waals surface area contributed by atoms with Crippen LogP contribution in [-0.2, 0) is 4.74 Å². The molecule has 0 bridgehead atoms. The van der Waals surface area contributed by atoms with E-state index in [1.165, 1.54) is 16.3 Å². The van der Waals surface area contributed by atoms with Gasteiger partial charge in [0.05, 0.1) is 11.6 Å². The third-order valence-corrected chi connectivity index (χ3v) is 3.43. The van der Waals surface area contributed by atoms with E-state index in [1.807, 2.05) is 25.1 Å². The molecule has 0 unspecified atom stereocenters. The summed E-state index contributed by atoms with van der Waals surface area (Å²) in [5, 5.41) is 0.634. The Balaban J connectivity index is 2.70. The van der Waals surface area contributed by atoms with Crippen molar-refractivity contribution in [1.29, 1.82) is 0 Å². The Hall–Kier alpha value is -0.870. The molecule has 88 valence electrons. The Morgan fingerprint density at radius 2 is 2.12 bits per heavy atom. The van der Waals surface area contributed by atoms with Gasteiger partial charge in [0.1, 0.15) is 0 Å². The number of amides is 1. The Morgan fingerprint density at radius 3 is 2.69 bits per heavy atom. The molecule has 1 rings (SSSR count). The Kier molecular flexibility index (Phi) is 5.49. The zero-order valence-corrected chi connectivity index (χ0v) is 10.8. The molecular weight excluding hydrogens is 246 g/mol. The maximum absolute atomic E-state index is 11.5. The number of hydrogen-bond donors (Lipinski definition) is 0. The predicted molar refractivity (Wildman–Crippen MR) is 66.7 cm³/mol. The second-order valence-corrected chi connectivity index (χ2v) is 4.39. The normalized spacial score (nSPS) is 9.94. The number of hydrogen-bond acceptors (Lipinski definition) is 3. The summed E-state index contributed by atoms with van der Waals surface area (Å²) in [6.07, 6.45) is -0.338. The Labute approximate surface area is 105 Å². The molecule has 0 heterocycles. The molecule has 0 aromatic heterocycles. The molecule has 16 heavy (non-hydrogen) atoms. The van der Waals surface area contributed by atoms with Crippen LogP contribution in [0.4, 0.5) is 4.79 Å². The summed E-state index contributed by atoms with van der Waals surface area (Å²) >= 11 is 7.30. The molecule has 1 aromatic carbocycles. The van der Waals surface area contributed by atoms with Gasteiger partial charge in [0.15, 0.2) is 0 Å². The van der Waals surface area contributed by atoms with Crippen LogP contribution in [0.15, 0.2) is 29.2 Å². The van der Waals surface area contributed by atoms with Crippen LogP contribution in [0.5, 0.6) is 0 Å². The second kappa shape index (κ2) is 6.66. The molecule has 0 saturated carbocycles. The first-order valence-electron chi connectivity index (χ1n) is 5.05. The lowest BCUT2D eigenvalue weighted by molar-refractivity contribution is 0.135. The molecule has 0 aliphatic carbocycles. The molecular formula is C11H14ClNO2S. The van der Waals surface area contributed by atoms with E-state index >= 15 is 0 Å². The number of carbonyl (C=O) groups excluding carboxylic acids is 1. The molecule has 0 atom stereocenters. The van der Waals surface area contributed by atoms with Crippen molar-refractivity contribution in [3.63, 3.8) is 0 Å². The molecule has 0 saturated heterocycles. The van der Waals surface area contributed by atoms with Crippen molar-refractivity contribution >= 4 is 29.6 Å². The third kappa shape index (κ3) is 3.61. The van der Waals surface area contributed by atoms with Gasteiger partial charge in [-0.1, -0.05) is 23.7 Å². The molecule has 0 aliphatic heterocycles. The molecule has 0 radical (unpaired) electrons. The molecule has 0 aliphatic rings. The average Bonchev–Trinajstić information content (AvgIpc) is 2.28. The topological polar surface area (TPSA) is 29.5 Å². The van der Waals surface area contributed by atoms with Gasteiger partial charge in [-0.15, -0.1) is 0 Å². The van der Waals surface area contributed by atoms with Crippen LogP contribution in [0.1, 0.15) is 13.8 Å². The van der Waals surface area contributed by atoms with Crippen molar-refractivity contribution in [2.75, 3.05) is 13.2 Å². The van der Waals surface area contributed by atoms with Crippen LogP contribution in [-0.4, -0.2) is 23.6 Å². The molecule has 5 heteroatoms. The van der Waals surface area contributed by atoms with Crippen LogP contribution >= 0.6 is 23.5 Å². The Bertz CT molecular complexity index is 360. The first-order valence-corrected chi connectivity index (χ1v) is 6.21. The van der Waals surface area contributed by atoms with E-state index in [-0.39, 0.29) is 6.09 Å². The van der Waals surface area contributed by atoms with E-state index in [4.69, 9.17) is 16.3 Å². The molecule has 1 amide bonds. The number of ether oxygens (including phenoxy) is 1. The monoisotopic (exact) mass is 259 g/mol. The summed E-state index contributed by atoms with van der Waals surface area (Å²) in [7, 11) is 0. The fourth-order valence-corrected chi connectivity index (χ4v) is 2.09. The summed E-state index contributed by atoms with van der Waals surface area (Å²) in [4.78, 5) is 12.4. The number of rotatable bonds is 4. The molecule has 0 fully saturated rings. The minimum atomic E-state index is -0.338. The quantitative estimate of drug-likeness (QED) is 0.770. The van der Waals surface area contributed by atoms with Crippen LogP contribution in [0.2, 0.25) is 5.02 Å². The van der Waals surface area contributed by atoms with E-state index in [0.717, 1.165) is 4.90 Å². The summed E-state index contributed by atoms with van der Waals surface area (Å²) in [6.45, 7) is 4.61. The van der Waals surface area contributed by atoms with Crippen LogP contribution < -0.4 is 0 Å². The van der Waals surface area contributed by atoms with Crippen molar-refractivity contribution in [2.24, 2.45) is 0 Å². The maximum Gasteiger partial charge on any atom is 0.420 e. The van der Waals surface area contributed by atoms with Gasteiger partial charge in [0.25, 0.3) is 0 Å². The zero-order chi connectivity index (χ0) is 12.0. The number of benzene rings is 1. The fraction of sp³-hybridized carbons (Fsp3) is 0.364. The SMILES string of the molecule is CCOC(=O)N(CC)Sc1ccccc1Cl. The van der Waals surface area contributed by atoms with Gasteiger partial charge in [0, 0.05) is 11.4 Å². The predicted octanol–water partition coefficient (Wildman–Crippen LogP) is 3.83. The molecule has 3 nitrogen and oxygen atoms in total. The van der Waals surface area contributed by atoms with E-state index < -0.39 is 0 Å². The Morgan fingerprint density at radius 1 is 1.44 bits per heavy atom. The minimum absolute atomic E-state index is 0.338. The van der Waals surface area contributed by atoms with Gasteiger partial charge in [-0.25, -0.2) is 9.10 Å². The highest BCUT2D eigenvalue weighted by Crippen LogP contribution is 2.29.